The van der Waals surface area contributed by atoms with E-state index in [-0.39, 0.29) is 11.6 Å². The highest BCUT2D eigenvalue weighted by Crippen LogP contribution is 2.03. The molecule has 0 aliphatic heterocycles. The molecule has 0 fully saturated rings. The second-order valence-corrected chi connectivity index (χ2v) is 3.49. The molecule has 94 valence electrons. The predicted octanol–water partition coefficient (Wildman–Crippen LogP) is 0.958. The molecule has 0 saturated heterocycles. The maximum absolute atomic E-state index is 12.9. The average Bonchev–Trinajstić information content (AvgIpc) is 2.30. The first-order valence-corrected chi connectivity index (χ1v) is 5.05. The Balaban J connectivity index is 2.66. The number of amides is 1. The smallest absolute Gasteiger partial charge is 0.253 e. The van der Waals surface area contributed by atoms with E-state index in [1.54, 1.807) is 6.92 Å². The summed E-state index contributed by atoms with van der Waals surface area (Å²) in [5.41, 5.74) is 0.155. The Hall–Kier alpha value is -1.53. The van der Waals surface area contributed by atoms with E-state index in [1.165, 1.54) is 20.4 Å². The third kappa shape index (κ3) is 3.76. The lowest BCUT2D eigenvalue weighted by atomic mass is 10.2. The molecule has 0 spiro atoms. The highest BCUT2D eigenvalue weighted by Gasteiger charge is 2.19. The van der Waals surface area contributed by atoms with Crippen molar-refractivity contribution in [1.29, 1.82) is 0 Å². The number of pyridine rings is 1. The van der Waals surface area contributed by atoms with Gasteiger partial charge in [0.1, 0.15) is 5.82 Å². The molecule has 0 aliphatic rings. The van der Waals surface area contributed by atoms with Crippen molar-refractivity contribution in [3.8, 4) is 0 Å². The van der Waals surface area contributed by atoms with Crippen molar-refractivity contribution < 1.29 is 18.7 Å². The molecule has 0 saturated carbocycles. The van der Waals surface area contributed by atoms with Crippen molar-refractivity contribution >= 4 is 5.91 Å². The minimum absolute atomic E-state index is 0.155. The Labute approximate surface area is 98.9 Å². The number of hydrogen-bond acceptors (Lipinski definition) is 4. The summed E-state index contributed by atoms with van der Waals surface area (Å²) in [6.45, 7) is 1.72. The average molecular weight is 242 g/mol. The van der Waals surface area contributed by atoms with E-state index in [0.29, 0.717) is 0 Å². The molecule has 1 aromatic heterocycles. The molecule has 1 N–H and O–H groups in total. The van der Waals surface area contributed by atoms with Gasteiger partial charge in [-0.25, -0.2) is 4.39 Å². The Bertz CT molecular complexity index is 383. The van der Waals surface area contributed by atoms with Gasteiger partial charge >= 0.3 is 0 Å². The van der Waals surface area contributed by atoms with Crippen LogP contribution >= 0.6 is 0 Å². The largest absolute Gasteiger partial charge is 0.354 e. The first-order valence-electron chi connectivity index (χ1n) is 5.05. The number of rotatable bonds is 5. The van der Waals surface area contributed by atoms with Crippen LogP contribution in [0.1, 0.15) is 17.3 Å². The number of methoxy groups -OCH3 is 2. The van der Waals surface area contributed by atoms with Gasteiger partial charge in [-0.1, -0.05) is 0 Å². The Morgan fingerprint density at radius 2 is 2.06 bits per heavy atom. The predicted molar refractivity (Wildman–Crippen MR) is 58.9 cm³/mol. The lowest BCUT2D eigenvalue weighted by Gasteiger charge is -2.21. The second kappa shape index (κ2) is 6.27. The number of ether oxygens (including phenoxy) is 2. The molecule has 17 heavy (non-hydrogen) atoms. The van der Waals surface area contributed by atoms with Gasteiger partial charge in [0.25, 0.3) is 5.91 Å². The van der Waals surface area contributed by atoms with Gasteiger partial charge in [-0.2, -0.15) is 0 Å². The highest BCUT2D eigenvalue weighted by molar-refractivity contribution is 5.94. The molecule has 0 bridgehead atoms. The van der Waals surface area contributed by atoms with E-state index in [9.17, 15) is 9.18 Å². The Morgan fingerprint density at radius 3 is 2.59 bits per heavy atom. The van der Waals surface area contributed by atoms with Crippen LogP contribution < -0.4 is 5.32 Å². The number of carbonyl (C=O) groups is 1. The zero-order valence-electron chi connectivity index (χ0n) is 9.94. The van der Waals surface area contributed by atoms with Gasteiger partial charge in [-0.3, -0.25) is 9.78 Å². The van der Waals surface area contributed by atoms with Gasteiger partial charge in [0.2, 0.25) is 0 Å². The third-order valence-corrected chi connectivity index (χ3v) is 2.20. The summed E-state index contributed by atoms with van der Waals surface area (Å²) in [6.07, 6.45) is 1.77. The van der Waals surface area contributed by atoms with E-state index in [2.05, 4.69) is 10.3 Å². The number of carbonyl (C=O) groups excluding carboxylic acids is 1. The van der Waals surface area contributed by atoms with Crippen LogP contribution in [0.2, 0.25) is 0 Å². The standard InChI is InChI=1S/C11H15FN2O3/c1-7(11(16-2)17-3)14-10(15)8-4-9(12)6-13-5-8/h4-7,11H,1-3H3,(H,14,15). The van der Waals surface area contributed by atoms with Crippen LogP contribution in [0, 0.1) is 5.82 Å². The van der Waals surface area contributed by atoms with Crippen molar-refractivity contribution in [2.75, 3.05) is 14.2 Å². The first-order chi connectivity index (χ1) is 8.08. The molecule has 1 aromatic rings. The quantitative estimate of drug-likeness (QED) is 0.781. The lowest BCUT2D eigenvalue weighted by Crippen LogP contribution is -2.43. The molecule has 1 heterocycles. The molecule has 1 amide bonds. The summed E-state index contributed by atoms with van der Waals surface area (Å²) in [7, 11) is 2.95. The van der Waals surface area contributed by atoms with E-state index < -0.39 is 18.0 Å². The summed E-state index contributed by atoms with van der Waals surface area (Å²) in [4.78, 5) is 15.3. The molecule has 1 unspecified atom stereocenters. The SMILES string of the molecule is COC(OC)C(C)NC(=O)c1cncc(F)c1. The highest BCUT2D eigenvalue weighted by atomic mass is 19.1. The van der Waals surface area contributed by atoms with Crippen LogP contribution in [-0.4, -0.2) is 37.4 Å². The van der Waals surface area contributed by atoms with Crippen LogP contribution in [0.25, 0.3) is 0 Å². The van der Waals surface area contributed by atoms with Gasteiger partial charge in [0.05, 0.1) is 17.8 Å². The normalized spacial score (nSPS) is 12.5. The maximum Gasteiger partial charge on any atom is 0.253 e. The molecule has 0 aromatic carbocycles. The van der Waals surface area contributed by atoms with Crippen LogP contribution in [0.3, 0.4) is 0 Å². The number of nitrogens with zero attached hydrogens (tertiary/aromatic N) is 1. The second-order valence-electron chi connectivity index (χ2n) is 3.49. The molecule has 1 rings (SSSR count). The van der Waals surface area contributed by atoms with Gasteiger partial charge in [0, 0.05) is 20.4 Å². The molecule has 0 radical (unpaired) electrons. The molecular formula is C11H15FN2O3. The van der Waals surface area contributed by atoms with Crippen molar-refractivity contribution in [3.63, 3.8) is 0 Å². The van der Waals surface area contributed by atoms with Crippen molar-refractivity contribution in [2.45, 2.75) is 19.3 Å². The monoisotopic (exact) mass is 242 g/mol. The van der Waals surface area contributed by atoms with Crippen molar-refractivity contribution in [1.82, 2.24) is 10.3 Å². The third-order valence-electron chi connectivity index (χ3n) is 2.20. The van der Waals surface area contributed by atoms with Crippen molar-refractivity contribution in [3.05, 3.63) is 29.8 Å². The molecule has 5 nitrogen and oxygen atoms in total. The zero-order chi connectivity index (χ0) is 12.8. The van der Waals surface area contributed by atoms with E-state index in [1.807, 2.05) is 0 Å². The van der Waals surface area contributed by atoms with E-state index in [4.69, 9.17) is 9.47 Å². The fourth-order valence-corrected chi connectivity index (χ4v) is 1.40. The fraction of sp³-hybridized carbons (Fsp3) is 0.455. The Morgan fingerprint density at radius 1 is 1.41 bits per heavy atom. The number of hydrogen-bond donors (Lipinski definition) is 1. The topological polar surface area (TPSA) is 60.5 Å². The fourth-order valence-electron chi connectivity index (χ4n) is 1.40. The summed E-state index contributed by atoms with van der Waals surface area (Å²) < 4.78 is 22.9. The minimum Gasteiger partial charge on any atom is -0.354 e. The van der Waals surface area contributed by atoms with Crippen LogP contribution in [0.5, 0.6) is 0 Å². The molecule has 1 atom stereocenters. The van der Waals surface area contributed by atoms with Gasteiger partial charge in [0.15, 0.2) is 6.29 Å². The number of nitrogens with one attached hydrogen (secondary N) is 1. The summed E-state index contributed by atoms with van der Waals surface area (Å²) in [5.74, 6) is -0.982. The molecular weight excluding hydrogens is 227 g/mol. The summed E-state index contributed by atoms with van der Waals surface area (Å²) >= 11 is 0. The van der Waals surface area contributed by atoms with Crippen LogP contribution in [-0.2, 0) is 9.47 Å². The molecule has 0 aliphatic carbocycles. The van der Waals surface area contributed by atoms with Gasteiger partial charge in [-0.05, 0) is 13.0 Å². The van der Waals surface area contributed by atoms with E-state index >= 15 is 0 Å². The van der Waals surface area contributed by atoms with Crippen molar-refractivity contribution in [2.24, 2.45) is 0 Å². The van der Waals surface area contributed by atoms with Gasteiger partial charge < -0.3 is 14.8 Å². The maximum atomic E-state index is 12.9. The molecule has 6 heteroatoms. The minimum atomic E-state index is -0.555. The number of aromatic nitrogens is 1. The van der Waals surface area contributed by atoms with E-state index in [0.717, 1.165) is 12.3 Å². The summed E-state index contributed by atoms with van der Waals surface area (Å²) in [5, 5.41) is 2.63. The summed E-state index contributed by atoms with van der Waals surface area (Å²) in [6, 6.07) is 0.754. The number of halogens is 1. The zero-order valence-corrected chi connectivity index (χ0v) is 9.94. The first kappa shape index (κ1) is 13.5. The Kier molecular flexibility index (Phi) is 4.99. The van der Waals surface area contributed by atoms with Crippen LogP contribution in [0.15, 0.2) is 18.5 Å². The van der Waals surface area contributed by atoms with Gasteiger partial charge in [-0.15, -0.1) is 0 Å². The van der Waals surface area contributed by atoms with Crippen LogP contribution in [0.4, 0.5) is 4.39 Å². The lowest BCUT2D eigenvalue weighted by molar-refractivity contribution is -0.117.